The van der Waals surface area contributed by atoms with Gasteiger partial charge in [-0.15, -0.1) is 0 Å². The Kier molecular flexibility index (Phi) is 5.62. The first kappa shape index (κ1) is 15.8. The molecule has 1 aromatic carbocycles. The minimum absolute atomic E-state index is 0.0137. The molecule has 1 saturated carbocycles. The number of carbonyl (C=O) groups excluding carboxylic acids is 1. The molecule has 4 heteroatoms. The zero-order valence-electron chi connectivity index (χ0n) is 13.1. The highest BCUT2D eigenvalue weighted by atomic mass is 16.5. The zero-order chi connectivity index (χ0) is 15.2. The van der Waals surface area contributed by atoms with Crippen LogP contribution in [0.4, 0.5) is 0 Å². The van der Waals surface area contributed by atoms with E-state index in [4.69, 9.17) is 14.2 Å². The van der Waals surface area contributed by atoms with Crippen molar-refractivity contribution in [2.24, 2.45) is 5.92 Å². The van der Waals surface area contributed by atoms with Gasteiger partial charge in [0.2, 0.25) is 0 Å². The molecule has 0 heterocycles. The maximum atomic E-state index is 12.9. The van der Waals surface area contributed by atoms with E-state index in [0.29, 0.717) is 23.0 Å². The SMILES string of the molecule is COc1ccc(OC)c(C(=O)C(OC)C2CCCCC2)c1. The normalized spacial score (nSPS) is 17.3. The number of methoxy groups -OCH3 is 3. The third-order valence-electron chi connectivity index (χ3n) is 4.26. The standard InChI is InChI=1S/C17H24O4/c1-19-13-9-10-15(20-2)14(11-13)16(18)17(21-3)12-7-5-4-6-8-12/h9-12,17H,4-8H2,1-3H3. The number of carbonyl (C=O) groups is 1. The lowest BCUT2D eigenvalue weighted by Crippen LogP contribution is -2.33. The van der Waals surface area contributed by atoms with Gasteiger partial charge in [0.15, 0.2) is 5.78 Å². The molecule has 1 aromatic rings. The Bertz CT molecular complexity index is 478. The van der Waals surface area contributed by atoms with E-state index in [1.165, 1.54) is 19.3 Å². The number of Topliss-reactive ketones (excluding diaryl/α,β-unsaturated/α-hetero) is 1. The molecule has 0 saturated heterocycles. The molecule has 0 spiro atoms. The van der Waals surface area contributed by atoms with Crippen LogP contribution in [-0.2, 0) is 4.74 Å². The topological polar surface area (TPSA) is 44.8 Å². The summed E-state index contributed by atoms with van der Waals surface area (Å²) >= 11 is 0. The van der Waals surface area contributed by atoms with Gasteiger partial charge in [-0.3, -0.25) is 4.79 Å². The first-order valence-electron chi connectivity index (χ1n) is 7.50. The molecule has 116 valence electrons. The van der Waals surface area contributed by atoms with Crippen molar-refractivity contribution in [3.8, 4) is 11.5 Å². The molecule has 1 aliphatic rings. The molecule has 1 aliphatic carbocycles. The molecule has 0 amide bonds. The second-order valence-corrected chi connectivity index (χ2v) is 5.48. The number of hydrogen-bond donors (Lipinski definition) is 0. The highest BCUT2D eigenvalue weighted by molar-refractivity contribution is 6.02. The lowest BCUT2D eigenvalue weighted by atomic mass is 9.82. The van der Waals surface area contributed by atoms with Crippen molar-refractivity contribution < 1.29 is 19.0 Å². The van der Waals surface area contributed by atoms with Crippen LogP contribution < -0.4 is 9.47 Å². The van der Waals surface area contributed by atoms with Crippen molar-refractivity contribution in [3.63, 3.8) is 0 Å². The number of ketones is 1. The first-order chi connectivity index (χ1) is 10.2. The van der Waals surface area contributed by atoms with Gasteiger partial charge in [0.05, 0.1) is 19.8 Å². The summed E-state index contributed by atoms with van der Waals surface area (Å²) in [5, 5.41) is 0. The van der Waals surface area contributed by atoms with E-state index >= 15 is 0 Å². The monoisotopic (exact) mass is 292 g/mol. The Hall–Kier alpha value is -1.55. The summed E-state index contributed by atoms with van der Waals surface area (Å²) in [6, 6.07) is 5.29. The van der Waals surface area contributed by atoms with Crippen LogP contribution in [0.3, 0.4) is 0 Å². The number of hydrogen-bond acceptors (Lipinski definition) is 4. The summed E-state index contributed by atoms with van der Waals surface area (Å²) in [4.78, 5) is 12.9. The Morgan fingerprint density at radius 3 is 2.38 bits per heavy atom. The lowest BCUT2D eigenvalue weighted by molar-refractivity contribution is 0.0312. The van der Waals surface area contributed by atoms with Crippen LogP contribution in [0.2, 0.25) is 0 Å². The molecule has 1 fully saturated rings. The number of ether oxygens (including phenoxy) is 3. The summed E-state index contributed by atoms with van der Waals surface area (Å²) in [5.74, 6) is 1.50. The second-order valence-electron chi connectivity index (χ2n) is 5.48. The summed E-state index contributed by atoms with van der Waals surface area (Å²) in [7, 11) is 4.77. The maximum Gasteiger partial charge on any atom is 0.195 e. The van der Waals surface area contributed by atoms with Crippen LogP contribution in [0.1, 0.15) is 42.5 Å². The van der Waals surface area contributed by atoms with Crippen molar-refractivity contribution in [2.45, 2.75) is 38.2 Å². The van der Waals surface area contributed by atoms with Crippen LogP contribution >= 0.6 is 0 Å². The molecule has 1 unspecified atom stereocenters. The van der Waals surface area contributed by atoms with Crippen LogP contribution in [0, 0.1) is 5.92 Å². The molecular formula is C17H24O4. The van der Waals surface area contributed by atoms with E-state index in [1.807, 2.05) is 0 Å². The minimum Gasteiger partial charge on any atom is -0.497 e. The van der Waals surface area contributed by atoms with Gasteiger partial charge < -0.3 is 14.2 Å². The molecule has 0 N–H and O–H groups in total. The molecule has 4 nitrogen and oxygen atoms in total. The van der Waals surface area contributed by atoms with E-state index in [2.05, 4.69) is 0 Å². The fourth-order valence-corrected chi connectivity index (χ4v) is 3.11. The summed E-state index contributed by atoms with van der Waals surface area (Å²) in [5.41, 5.74) is 0.536. The predicted molar refractivity (Wildman–Crippen MR) is 81.2 cm³/mol. The van der Waals surface area contributed by atoms with Crippen molar-refractivity contribution in [2.75, 3.05) is 21.3 Å². The average Bonchev–Trinajstić information content (AvgIpc) is 2.55. The Morgan fingerprint density at radius 1 is 1.10 bits per heavy atom. The van der Waals surface area contributed by atoms with E-state index in [-0.39, 0.29) is 5.78 Å². The van der Waals surface area contributed by atoms with Gasteiger partial charge in [-0.2, -0.15) is 0 Å². The second kappa shape index (κ2) is 7.46. The molecule has 1 atom stereocenters. The van der Waals surface area contributed by atoms with Crippen LogP contribution in [0.25, 0.3) is 0 Å². The molecule has 21 heavy (non-hydrogen) atoms. The van der Waals surface area contributed by atoms with Gasteiger partial charge in [0, 0.05) is 7.11 Å². The van der Waals surface area contributed by atoms with Gasteiger partial charge in [-0.1, -0.05) is 19.3 Å². The van der Waals surface area contributed by atoms with Crippen LogP contribution in [-0.4, -0.2) is 33.2 Å². The number of rotatable bonds is 6. The first-order valence-corrected chi connectivity index (χ1v) is 7.50. The average molecular weight is 292 g/mol. The largest absolute Gasteiger partial charge is 0.497 e. The Morgan fingerprint density at radius 2 is 1.81 bits per heavy atom. The van der Waals surface area contributed by atoms with Crippen molar-refractivity contribution in [1.29, 1.82) is 0 Å². The Balaban J connectivity index is 2.27. The highest BCUT2D eigenvalue weighted by Gasteiger charge is 2.31. The molecule has 0 aromatic heterocycles. The van der Waals surface area contributed by atoms with Gasteiger partial charge in [-0.25, -0.2) is 0 Å². The molecule has 0 radical (unpaired) electrons. The third-order valence-corrected chi connectivity index (χ3v) is 4.26. The Labute approximate surface area is 126 Å². The van der Waals surface area contributed by atoms with Crippen molar-refractivity contribution in [3.05, 3.63) is 23.8 Å². The molecule has 0 aliphatic heterocycles. The van der Waals surface area contributed by atoms with Gasteiger partial charge in [-0.05, 0) is 37.0 Å². The fraction of sp³-hybridized carbons (Fsp3) is 0.588. The summed E-state index contributed by atoms with van der Waals surface area (Å²) in [6.07, 6.45) is 5.31. The van der Waals surface area contributed by atoms with E-state index in [0.717, 1.165) is 12.8 Å². The van der Waals surface area contributed by atoms with Gasteiger partial charge in [0.25, 0.3) is 0 Å². The molecule has 2 rings (SSSR count). The third kappa shape index (κ3) is 3.56. The summed E-state index contributed by atoms with van der Waals surface area (Å²) in [6.45, 7) is 0. The summed E-state index contributed by atoms with van der Waals surface area (Å²) < 4.78 is 16.1. The molecular weight excluding hydrogens is 268 g/mol. The highest BCUT2D eigenvalue weighted by Crippen LogP contribution is 2.32. The van der Waals surface area contributed by atoms with E-state index < -0.39 is 6.10 Å². The van der Waals surface area contributed by atoms with Gasteiger partial charge in [0.1, 0.15) is 17.6 Å². The smallest absolute Gasteiger partial charge is 0.195 e. The lowest BCUT2D eigenvalue weighted by Gasteiger charge is -2.28. The van der Waals surface area contributed by atoms with Crippen LogP contribution in [0.5, 0.6) is 11.5 Å². The number of benzene rings is 1. The fourth-order valence-electron chi connectivity index (χ4n) is 3.11. The maximum absolute atomic E-state index is 12.9. The van der Waals surface area contributed by atoms with Crippen molar-refractivity contribution in [1.82, 2.24) is 0 Å². The molecule has 0 bridgehead atoms. The minimum atomic E-state index is -0.397. The van der Waals surface area contributed by atoms with Gasteiger partial charge >= 0.3 is 0 Å². The zero-order valence-corrected chi connectivity index (χ0v) is 13.1. The van der Waals surface area contributed by atoms with Crippen molar-refractivity contribution >= 4 is 5.78 Å². The predicted octanol–water partition coefficient (Wildman–Crippen LogP) is 3.48. The van der Waals surface area contributed by atoms with Crippen LogP contribution in [0.15, 0.2) is 18.2 Å². The van der Waals surface area contributed by atoms with E-state index in [9.17, 15) is 4.79 Å². The quantitative estimate of drug-likeness (QED) is 0.753. The van der Waals surface area contributed by atoms with E-state index in [1.54, 1.807) is 39.5 Å².